The van der Waals surface area contributed by atoms with E-state index >= 15 is 0 Å². The largest absolute Gasteiger partial charge is 0.488 e. The molecule has 1 unspecified atom stereocenters. The van der Waals surface area contributed by atoms with Gasteiger partial charge in [0, 0.05) is 18.5 Å². The number of halogens is 2. The number of ether oxygens (including phenoxy) is 1. The van der Waals surface area contributed by atoms with Gasteiger partial charge < -0.3 is 14.4 Å². The average Bonchev–Trinajstić information content (AvgIpc) is 2.80. The first-order valence-electron chi connectivity index (χ1n) is 5.37. The van der Waals surface area contributed by atoms with Gasteiger partial charge in [-0.1, -0.05) is 0 Å². The first kappa shape index (κ1) is 12.5. The maximum absolute atomic E-state index is 13.2. The van der Waals surface area contributed by atoms with Crippen molar-refractivity contribution in [1.82, 2.24) is 9.55 Å². The number of benzene rings is 1. The van der Waals surface area contributed by atoms with Gasteiger partial charge in [0.15, 0.2) is 11.6 Å². The molecule has 6 heteroatoms. The molecule has 1 N–H and O–H groups in total. The molecule has 0 aliphatic heterocycles. The number of aromatic nitrogens is 2. The molecule has 96 valence electrons. The van der Waals surface area contributed by atoms with Crippen molar-refractivity contribution in [2.45, 2.75) is 12.6 Å². The molecule has 1 aromatic carbocycles. The van der Waals surface area contributed by atoms with Crippen LogP contribution in [0, 0.1) is 11.6 Å². The van der Waals surface area contributed by atoms with Crippen LogP contribution in [0.2, 0.25) is 0 Å². The normalized spacial score (nSPS) is 12.4. The molecule has 2 aromatic rings. The van der Waals surface area contributed by atoms with Crippen LogP contribution < -0.4 is 4.74 Å². The van der Waals surface area contributed by atoms with Crippen LogP contribution in [0.25, 0.3) is 0 Å². The Labute approximate surface area is 102 Å². The lowest BCUT2D eigenvalue weighted by atomic mass is 10.3. The Kier molecular flexibility index (Phi) is 3.88. The second-order valence-electron chi connectivity index (χ2n) is 3.80. The van der Waals surface area contributed by atoms with E-state index in [2.05, 4.69) is 4.98 Å². The zero-order valence-electron chi connectivity index (χ0n) is 9.46. The minimum Gasteiger partial charge on any atom is -0.488 e. The smallest absolute Gasteiger partial charge is 0.167 e. The lowest BCUT2D eigenvalue weighted by molar-refractivity contribution is 0.0904. The third-order valence-corrected chi connectivity index (χ3v) is 2.31. The van der Waals surface area contributed by atoms with Gasteiger partial charge in [-0.25, -0.2) is 13.8 Å². The van der Waals surface area contributed by atoms with E-state index in [1.807, 2.05) is 0 Å². The molecule has 18 heavy (non-hydrogen) atoms. The number of aliphatic hydroxyl groups is 1. The third-order valence-electron chi connectivity index (χ3n) is 2.31. The molecule has 0 amide bonds. The van der Waals surface area contributed by atoms with Crippen LogP contribution in [-0.2, 0) is 6.54 Å². The van der Waals surface area contributed by atoms with Crippen LogP contribution in [0.4, 0.5) is 8.78 Å². The summed E-state index contributed by atoms with van der Waals surface area (Å²) in [6.07, 6.45) is 4.04. The molecular weight excluding hydrogens is 242 g/mol. The summed E-state index contributed by atoms with van der Waals surface area (Å²) in [4.78, 5) is 3.83. The fourth-order valence-electron chi connectivity index (χ4n) is 1.47. The summed E-state index contributed by atoms with van der Waals surface area (Å²) in [5.41, 5.74) is 0. The van der Waals surface area contributed by atoms with Gasteiger partial charge in [-0.3, -0.25) is 0 Å². The van der Waals surface area contributed by atoms with Crippen LogP contribution in [-0.4, -0.2) is 27.4 Å². The molecule has 0 aliphatic rings. The minimum absolute atomic E-state index is 0.0823. The van der Waals surface area contributed by atoms with Crippen molar-refractivity contribution < 1.29 is 18.6 Å². The summed E-state index contributed by atoms with van der Waals surface area (Å²) in [7, 11) is 0. The Morgan fingerprint density at radius 3 is 2.89 bits per heavy atom. The predicted molar refractivity (Wildman–Crippen MR) is 60.1 cm³/mol. The average molecular weight is 254 g/mol. The summed E-state index contributed by atoms with van der Waals surface area (Å²) >= 11 is 0. The predicted octanol–water partition coefficient (Wildman–Crippen LogP) is 1.60. The van der Waals surface area contributed by atoms with E-state index in [1.54, 1.807) is 23.3 Å². The highest BCUT2D eigenvalue weighted by atomic mass is 19.1. The van der Waals surface area contributed by atoms with Crippen LogP contribution in [0.1, 0.15) is 0 Å². The van der Waals surface area contributed by atoms with Gasteiger partial charge in [-0.05, 0) is 12.1 Å². The van der Waals surface area contributed by atoms with Crippen molar-refractivity contribution in [3.63, 3.8) is 0 Å². The minimum atomic E-state index is -0.802. The number of aliphatic hydroxyl groups excluding tert-OH is 1. The second kappa shape index (κ2) is 5.59. The Bertz CT molecular complexity index is 503. The van der Waals surface area contributed by atoms with Gasteiger partial charge in [0.25, 0.3) is 0 Å². The van der Waals surface area contributed by atoms with Crippen molar-refractivity contribution in [2.24, 2.45) is 0 Å². The Morgan fingerprint density at radius 2 is 2.22 bits per heavy atom. The molecule has 0 saturated heterocycles. The molecule has 2 rings (SSSR count). The molecule has 4 nitrogen and oxygen atoms in total. The van der Waals surface area contributed by atoms with E-state index in [9.17, 15) is 13.9 Å². The molecule has 1 atom stereocenters. The summed E-state index contributed by atoms with van der Waals surface area (Å²) in [6.45, 7) is 0.212. The van der Waals surface area contributed by atoms with Gasteiger partial charge in [0.05, 0.1) is 12.9 Å². The maximum atomic E-state index is 13.2. The molecule has 0 radical (unpaired) electrons. The van der Waals surface area contributed by atoms with Crippen molar-refractivity contribution in [3.05, 3.63) is 48.6 Å². The Balaban J connectivity index is 1.87. The highest BCUT2D eigenvalue weighted by Gasteiger charge is 2.09. The van der Waals surface area contributed by atoms with Gasteiger partial charge in [-0.15, -0.1) is 0 Å². The van der Waals surface area contributed by atoms with Crippen molar-refractivity contribution >= 4 is 0 Å². The van der Waals surface area contributed by atoms with E-state index in [4.69, 9.17) is 4.74 Å². The molecule has 0 aliphatic carbocycles. The summed E-state index contributed by atoms with van der Waals surface area (Å²) < 4.78 is 32.6. The fraction of sp³-hybridized carbons (Fsp3) is 0.250. The van der Waals surface area contributed by atoms with E-state index in [0.717, 1.165) is 12.1 Å². The maximum Gasteiger partial charge on any atom is 0.167 e. The van der Waals surface area contributed by atoms with Gasteiger partial charge in [0.1, 0.15) is 18.5 Å². The number of imidazole rings is 1. The Morgan fingerprint density at radius 1 is 1.39 bits per heavy atom. The summed E-state index contributed by atoms with van der Waals surface area (Å²) in [6, 6.07) is 3.02. The van der Waals surface area contributed by atoms with Crippen LogP contribution in [0.15, 0.2) is 36.9 Å². The fourth-order valence-corrected chi connectivity index (χ4v) is 1.47. The summed E-state index contributed by atoms with van der Waals surface area (Å²) in [5.74, 6) is -1.54. The molecule has 0 spiro atoms. The highest BCUT2D eigenvalue weighted by molar-refractivity contribution is 5.24. The lowest BCUT2D eigenvalue weighted by Crippen LogP contribution is -2.23. The van der Waals surface area contributed by atoms with Gasteiger partial charge in [-0.2, -0.15) is 0 Å². The molecule has 1 aromatic heterocycles. The number of nitrogens with zero attached hydrogens (tertiary/aromatic N) is 2. The van der Waals surface area contributed by atoms with Crippen LogP contribution in [0.3, 0.4) is 0 Å². The first-order valence-corrected chi connectivity index (χ1v) is 5.37. The van der Waals surface area contributed by atoms with Crippen LogP contribution >= 0.6 is 0 Å². The quantitative estimate of drug-likeness (QED) is 0.881. The topological polar surface area (TPSA) is 47.3 Å². The van der Waals surface area contributed by atoms with Crippen LogP contribution in [0.5, 0.6) is 5.75 Å². The third kappa shape index (κ3) is 3.27. The molecule has 0 bridgehead atoms. The standard InChI is InChI=1S/C12H12F2N2O2/c13-9-1-2-12(11(14)5-9)18-7-10(17)6-16-4-3-15-8-16/h1-5,8,10,17H,6-7H2. The Hall–Kier alpha value is -1.95. The highest BCUT2D eigenvalue weighted by Crippen LogP contribution is 2.17. The van der Waals surface area contributed by atoms with E-state index in [1.165, 1.54) is 6.07 Å². The summed E-state index contributed by atoms with van der Waals surface area (Å²) in [5, 5.41) is 9.66. The van der Waals surface area contributed by atoms with Gasteiger partial charge >= 0.3 is 0 Å². The number of hydrogen-bond acceptors (Lipinski definition) is 3. The molecule has 1 heterocycles. The number of rotatable bonds is 5. The lowest BCUT2D eigenvalue weighted by Gasteiger charge is -2.13. The number of hydrogen-bond donors (Lipinski definition) is 1. The molecule has 0 saturated carbocycles. The zero-order valence-corrected chi connectivity index (χ0v) is 9.46. The van der Waals surface area contributed by atoms with E-state index < -0.39 is 17.7 Å². The van der Waals surface area contributed by atoms with E-state index in [0.29, 0.717) is 6.54 Å². The van der Waals surface area contributed by atoms with Gasteiger partial charge in [0.2, 0.25) is 0 Å². The van der Waals surface area contributed by atoms with Crippen molar-refractivity contribution in [3.8, 4) is 5.75 Å². The zero-order chi connectivity index (χ0) is 13.0. The van der Waals surface area contributed by atoms with Crippen molar-refractivity contribution in [1.29, 1.82) is 0 Å². The monoisotopic (exact) mass is 254 g/mol. The molecular formula is C12H12F2N2O2. The molecule has 0 fully saturated rings. The first-order chi connectivity index (χ1) is 8.65. The second-order valence-corrected chi connectivity index (χ2v) is 3.80. The SMILES string of the molecule is OC(COc1ccc(F)cc1F)Cn1ccnc1. The van der Waals surface area contributed by atoms with E-state index in [-0.39, 0.29) is 12.4 Å². The van der Waals surface area contributed by atoms with Crippen molar-refractivity contribution in [2.75, 3.05) is 6.61 Å².